The molecule has 1 aliphatic carbocycles. The normalized spacial score (nSPS) is 21.1. The summed E-state index contributed by atoms with van der Waals surface area (Å²) in [5.41, 5.74) is 1.19. The predicted molar refractivity (Wildman–Crippen MR) is 90.1 cm³/mol. The standard InChI is InChI=1S/C19H26N2O2/c1-4-20(5-2)14(3)21-17(22)15-10-6-7-11-16(15)19(18(21)23)12-8-9-13-19/h6-7,10-11,14H,4-5,8-9,12-13H2,1-3H3. The summed E-state index contributed by atoms with van der Waals surface area (Å²) >= 11 is 0. The molecular weight excluding hydrogens is 288 g/mol. The molecule has 1 unspecified atom stereocenters. The van der Waals surface area contributed by atoms with Crippen LogP contribution in [0.5, 0.6) is 0 Å². The van der Waals surface area contributed by atoms with E-state index < -0.39 is 5.41 Å². The van der Waals surface area contributed by atoms with Crippen molar-refractivity contribution < 1.29 is 9.59 Å². The number of carbonyl (C=O) groups is 2. The van der Waals surface area contributed by atoms with E-state index >= 15 is 0 Å². The Bertz CT molecular complexity index is 616. The number of hydrogen-bond donors (Lipinski definition) is 0. The average Bonchev–Trinajstić information content (AvgIpc) is 3.05. The third kappa shape index (κ3) is 2.31. The molecule has 4 nitrogen and oxygen atoms in total. The van der Waals surface area contributed by atoms with Crippen molar-refractivity contribution in [2.75, 3.05) is 13.1 Å². The Morgan fingerprint density at radius 3 is 2.35 bits per heavy atom. The number of imide groups is 1. The molecule has 1 spiro atoms. The molecule has 1 aromatic rings. The molecular formula is C19H26N2O2. The molecule has 1 atom stereocenters. The monoisotopic (exact) mass is 314 g/mol. The van der Waals surface area contributed by atoms with Gasteiger partial charge in [0, 0.05) is 5.56 Å². The van der Waals surface area contributed by atoms with Crippen LogP contribution in [0.4, 0.5) is 0 Å². The summed E-state index contributed by atoms with van der Waals surface area (Å²) in [6, 6.07) is 7.71. The van der Waals surface area contributed by atoms with Crippen molar-refractivity contribution in [2.24, 2.45) is 0 Å². The highest BCUT2D eigenvalue weighted by Gasteiger charge is 2.53. The van der Waals surface area contributed by atoms with Crippen LogP contribution in [0.1, 0.15) is 62.4 Å². The van der Waals surface area contributed by atoms with Gasteiger partial charge in [-0.15, -0.1) is 0 Å². The zero-order valence-corrected chi connectivity index (χ0v) is 14.3. The number of rotatable bonds is 4. The minimum absolute atomic E-state index is 0.0121. The van der Waals surface area contributed by atoms with Gasteiger partial charge in [0.2, 0.25) is 5.91 Å². The van der Waals surface area contributed by atoms with Gasteiger partial charge >= 0.3 is 0 Å². The second-order valence-corrected chi connectivity index (χ2v) is 6.67. The van der Waals surface area contributed by atoms with Crippen LogP contribution in [0.2, 0.25) is 0 Å². The number of fused-ring (bicyclic) bond motifs is 2. The molecule has 3 rings (SSSR count). The largest absolute Gasteiger partial charge is 0.284 e. The summed E-state index contributed by atoms with van der Waals surface area (Å²) < 4.78 is 0. The van der Waals surface area contributed by atoms with Crippen molar-refractivity contribution in [1.29, 1.82) is 0 Å². The van der Waals surface area contributed by atoms with Gasteiger partial charge in [-0.3, -0.25) is 19.4 Å². The Hall–Kier alpha value is -1.68. The molecule has 0 N–H and O–H groups in total. The van der Waals surface area contributed by atoms with Crippen LogP contribution in [0.25, 0.3) is 0 Å². The van der Waals surface area contributed by atoms with Crippen LogP contribution in [-0.4, -0.2) is 40.9 Å². The lowest BCUT2D eigenvalue weighted by molar-refractivity contribution is -0.140. The molecule has 0 aromatic heterocycles. The van der Waals surface area contributed by atoms with Crippen LogP contribution in [-0.2, 0) is 10.2 Å². The van der Waals surface area contributed by atoms with Crippen molar-refractivity contribution in [3.8, 4) is 0 Å². The summed E-state index contributed by atoms with van der Waals surface area (Å²) in [6.45, 7) is 7.75. The minimum Gasteiger partial charge on any atom is -0.284 e. The lowest BCUT2D eigenvalue weighted by Crippen LogP contribution is -2.60. The molecule has 0 saturated heterocycles. The van der Waals surface area contributed by atoms with Crippen LogP contribution >= 0.6 is 0 Å². The summed E-state index contributed by atoms with van der Waals surface area (Å²) in [5.74, 6) is -0.124. The van der Waals surface area contributed by atoms with Crippen molar-refractivity contribution in [3.05, 3.63) is 35.4 Å². The van der Waals surface area contributed by atoms with Crippen molar-refractivity contribution in [2.45, 2.75) is 58.0 Å². The van der Waals surface area contributed by atoms with E-state index in [0.29, 0.717) is 5.56 Å². The third-order valence-corrected chi connectivity index (χ3v) is 5.69. The molecule has 1 aliphatic heterocycles. The Balaban J connectivity index is 2.10. The number of hydrogen-bond acceptors (Lipinski definition) is 3. The van der Waals surface area contributed by atoms with E-state index in [1.165, 1.54) is 4.90 Å². The van der Waals surface area contributed by atoms with Crippen LogP contribution < -0.4 is 0 Å². The highest BCUT2D eigenvalue weighted by atomic mass is 16.2. The third-order valence-electron chi connectivity index (χ3n) is 5.69. The fraction of sp³-hybridized carbons (Fsp3) is 0.579. The smallest absolute Gasteiger partial charge is 0.262 e. The second-order valence-electron chi connectivity index (χ2n) is 6.67. The summed E-state index contributed by atoms with van der Waals surface area (Å²) in [4.78, 5) is 30.1. The first-order chi connectivity index (χ1) is 11.1. The number of carbonyl (C=O) groups excluding carboxylic acids is 2. The number of nitrogens with zero attached hydrogens (tertiary/aromatic N) is 2. The molecule has 1 heterocycles. The SMILES string of the molecule is CCN(CC)C(C)N1C(=O)c2ccccc2C2(CCCC2)C1=O. The van der Waals surface area contributed by atoms with E-state index in [1.807, 2.05) is 31.2 Å². The Kier molecular flexibility index (Phi) is 4.28. The Morgan fingerprint density at radius 1 is 1.13 bits per heavy atom. The topological polar surface area (TPSA) is 40.6 Å². The number of amides is 2. The van der Waals surface area contributed by atoms with Crippen LogP contribution in [0.3, 0.4) is 0 Å². The van der Waals surface area contributed by atoms with Gasteiger partial charge in [0.25, 0.3) is 5.91 Å². The first-order valence-corrected chi connectivity index (χ1v) is 8.78. The second kappa shape index (κ2) is 6.08. The van der Waals surface area contributed by atoms with Gasteiger partial charge in [-0.1, -0.05) is 44.9 Å². The molecule has 0 bridgehead atoms. The van der Waals surface area contributed by atoms with Crippen molar-refractivity contribution in [1.82, 2.24) is 9.80 Å². The van der Waals surface area contributed by atoms with Gasteiger partial charge < -0.3 is 0 Å². The van der Waals surface area contributed by atoms with E-state index in [9.17, 15) is 9.59 Å². The molecule has 1 fully saturated rings. The minimum atomic E-state index is -0.480. The molecule has 2 amide bonds. The maximum absolute atomic E-state index is 13.4. The van der Waals surface area contributed by atoms with Crippen LogP contribution in [0.15, 0.2) is 24.3 Å². The van der Waals surface area contributed by atoms with E-state index in [1.54, 1.807) is 0 Å². The molecule has 124 valence electrons. The molecule has 2 aliphatic rings. The molecule has 0 radical (unpaired) electrons. The summed E-state index contributed by atoms with van der Waals surface area (Å²) in [5, 5.41) is 0. The van der Waals surface area contributed by atoms with E-state index in [2.05, 4.69) is 18.7 Å². The molecule has 1 saturated carbocycles. The van der Waals surface area contributed by atoms with E-state index in [4.69, 9.17) is 0 Å². The lowest BCUT2D eigenvalue weighted by atomic mass is 9.72. The van der Waals surface area contributed by atoms with Gasteiger partial charge in [-0.2, -0.15) is 0 Å². The van der Waals surface area contributed by atoms with Crippen molar-refractivity contribution >= 4 is 11.8 Å². The first kappa shape index (κ1) is 16.2. The Morgan fingerprint density at radius 2 is 1.74 bits per heavy atom. The van der Waals surface area contributed by atoms with Gasteiger partial charge in [-0.25, -0.2) is 0 Å². The average molecular weight is 314 g/mol. The van der Waals surface area contributed by atoms with E-state index in [-0.39, 0.29) is 18.0 Å². The maximum Gasteiger partial charge on any atom is 0.262 e. The summed E-state index contributed by atoms with van der Waals surface area (Å²) in [7, 11) is 0. The lowest BCUT2D eigenvalue weighted by Gasteiger charge is -2.44. The first-order valence-electron chi connectivity index (χ1n) is 8.78. The quantitative estimate of drug-likeness (QED) is 0.802. The van der Waals surface area contributed by atoms with Gasteiger partial charge in [-0.05, 0) is 44.5 Å². The fourth-order valence-corrected chi connectivity index (χ4v) is 4.37. The van der Waals surface area contributed by atoms with Crippen molar-refractivity contribution in [3.63, 3.8) is 0 Å². The summed E-state index contributed by atoms with van der Waals surface area (Å²) in [6.07, 6.45) is 3.63. The highest BCUT2D eigenvalue weighted by Crippen LogP contribution is 2.47. The maximum atomic E-state index is 13.4. The van der Waals surface area contributed by atoms with Gasteiger partial charge in [0.05, 0.1) is 11.6 Å². The van der Waals surface area contributed by atoms with Gasteiger partial charge in [0.1, 0.15) is 0 Å². The molecule has 1 aromatic carbocycles. The van der Waals surface area contributed by atoms with E-state index in [0.717, 1.165) is 44.3 Å². The molecule has 23 heavy (non-hydrogen) atoms. The Labute approximate surface area is 138 Å². The fourth-order valence-electron chi connectivity index (χ4n) is 4.37. The zero-order chi connectivity index (χ0) is 16.6. The number of benzene rings is 1. The zero-order valence-electron chi connectivity index (χ0n) is 14.3. The highest BCUT2D eigenvalue weighted by molar-refractivity contribution is 6.13. The van der Waals surface area contributed by atoms with Crippen LogP contribution in [0, 0.1) is 0 Å². The molecule has 4 heteroatoms. The predicted octanol–water partition coefficient (Wildman–Crippen LogP) is 3.17. The van der Waals surface area contributed by atoms with Gasteiger partial charge in [0.15, 0.2) is 0 Å².